The number of ether oxygens (including phenoxy) is 1. The zero-order valence-corrected chi connectivity index (χ0v) is 20.3. The van der Waals surface area contributed by atoms with Gasteiger partial charge in [0, 0.05) is 18.9 Å². The van der Waals surface area contributed by atoms with Gasteiger partial charge in [-0.25, -0.2) is 23.5 Å². The third kappa shape index (κ3) is 3.10. The summed E-state index contributed by atoms with van der Waals surface area (Å²) in [5.41, 5.74) is 0.775. The third-order valence-electron chi connectivity index (χ3n) is 8.20. The Morgan fingerprint density at radius 2 is 1.74 bits per heavy atom. The van der Waals surface area contributed by atoms with Crippen LogP contribution in [0.1, 0.15) is 44.7 Å². The van der Waals surface area contributed by atoms with Crippen molar-refractivity contribution < 1.29 is 19.4 Å². The van der Waals surface area contributed by atoms with Crippen LogP contribution in [0, 0.1) is 11.3 Å². The van der Waals surface area contributed by atoms with Gasteiger partial charge in [-0.1, -0.05) is 25.1 Å². The highest BCUT2D eigenvalue weighted by molar-refractivity contribution is 6.15. The molecule has 5 rings (SSSR count). The van der Waals surface area contributed by atoms with E-state index in [9.17, 15) is 19.2 Å². The van der Waals surface area contributed by atoms with E-state index in [1.807, 2.05) is 25.1 Å². The first-order chi connectivity index (χ1) is 16.6. The first kappa shape index (κ1) is 23.3. The van der Waals surface area contributed by atoms with Crippen LogP contribution in [0.15, 0.2) is 56.6 Å². The number of benzene rings is 1. The molecule has 4 atom stereocenters. The van der Waals surface area contributed by atoms with Crippen LogP contribution in [0.25, 0.3) is 0 Å². The van der Waals surface area contributed by atoms with E-state index in [0.717, 1.165) is 15.7 Å². The highest BCUT2D eigenvalue weighted by atomic mass is 16.5. The molecule has 0 saturated heterocycles. The summed E-state index contributed by atoms with van der Waals surface area (Å²) in [6.07, 6.45) is 2.21. The van der Waals surface area contributed by atoms with Crippen LogP contribution in [0.3, 0.4) is 0 Å². The summed E-state index contributed by atoms with van der Waals surface area (Å²) < 4.78 is 9.45. The number of aliphatic hydroxyl groups is 1. The van der Waals surface area contributed by atoms with E-state index in [2.05, 4.69) is 0 Å². The molecule has 0 radical (unpaired) electrons. The Hall–Kier alpha value is -3.46. The molecule has 1 aromatic heterocycles. The van der Waals surface area contributed by atoms with E-state index >= 15 is 0 Å². The molecule has 0 unspecified atom stereocenters. The average molecular weight is 480 g/mol. The highest BCUT2D eigenvalue weighted by Crippen LogP contribution is 2.60. The van der Waals surface area contributed by atoms with E-state index in [1.165, 1.54) is 16.4 Å². The van der Waals surface area contributed by atoms with Crippen molar-refractivity contribution in [2.45, 2.75) is 45.7 Å². The number of hydrogen-bond donors (Lipinski definition) is 1. The van der Waals surface area contributed by atoms with E-state index in [0.29, 0.717) is 16.9 Å². The van der Waals surface area contributed by atoms with E-state index in [4.69, 9.17) is 9.84 Å². The van der Waals surface area contributed by atoms with Gasteiger partial charge in [0.1, 0.15) is 12.4 Å². The van der Waals surface area contributed by atoms with Crippen molar-refractivity contribution >= 4 is 11.6 Å². The Bertz CT molecular complexity index is 1420. The molecule has 1 N–H and O–H groups in total. The quantitative estimate of drug-likeness (QED) is 0.665. The molecule has 9 heteroatoms. The van der Waals surface area contributed by atoms with Gasteiger partial charge in [-0.3, -0.25) is 9.59 Å². The molecule has 0 spiro atoms. The van der Waals surface area contributed by atoms with Gasteiger partial charge in [-0.15, -0.1) is 0 Å². The average Bonchev–Trinajstić information content (AvgIpc) is 3.08. The van der Waals surface area contributed by atoms with Crippen LogP contribution >= 0.6 is 0 Å². The molecule has 3 aliphatic rings. The molecule has 2 heterocycles. The number of hydrogen-bond acceptors (Lipinski definition) is 6. The molecule has 0 amide bonds. The van der Waals surface area contributed by atoms with Gasteiger partial charge in [0.15, 0.2) is 11.6 Å². The lowest BCUT2D eigenvalue weighted by molar-refractivity contribution is -0.140. The molecule has 184 valence electrons. The zero-order valence-electron chi connectivity index (χ0n) is 20.3. The summed E-state index contributed by atoms with van der Waals surface area (Å²) in [5, 5.41) is 9.04. The third-order valence-corrected chi connectivity index (χ3v) is 8.20. The molecule has 1 aliphatic heterocycles. The van der Waals surface area contributed by atoms with Gasteiger partial charge in [-0.05, 0) is 54.7 Å². The summed E-state index contributed by atoms with van der Waals surface area (Å²) >= 11 is 0. The Morgan fingerprint density at radius 1 is 1.06 bits per heavy atom. The van der Waals surface area contributed by atoms with Crippen LogP contribution < -0.4 is 16.1 Å². The van der Waals surface area contributed by atoms with Crippen LogP contribution in [0.5, 0.6) is 5.75 Å². The smallest absolute Gasteiger partial charge is 0.347 e. The lowest BCUT2D eigenvalue weighted by Gasteiger charge is -2.53. The Balaban J connectivity index is 1.72. The van der Waals surface area contributed by atoms with Gasteiger partial charge >= 0.3 is 11.4 Å². The maximum atomic E-state index is 13.9. The molecule has 2 aliphatic carbocycles. The molecule has 1 aromatic carbocycles. The fourth-order valence-electron chi connectivity index (χ4n) is 6.25. The van der Waals surface area contributed by atoms with E-state index < -0.39 is 34.7 Å². The standard InChI is InChI=1S/C26H29N3O6/c1-14-15(2)23(32)26(3)19(22(14)31)13-20-18(9-10-28-24(33)27(4)25(34)29(20)28)21(26)16-5-7-17(8-6-16)35-12-11-30/h5-9,19-21,30H,10-13H2,1-4H3/t19-,20+,21-,26+/m0/s1. The van der Waals surface area contributed by atoms with E-state index in [1.54, 1.807) is 26.0 Å². The van der Waals surface area contributed by atoms with Crippen molar-refractivity contribution in [1.29, 1.82) is 0 Å². The zero-order chi connectivity index (χ0) is 25.2. The predicted octanol–water partition coefficient (Wildman–Crippen LogP) is 1.50. The minimum absolute atomic E-state index is 0.0621. The number of carbonyl (C=O) groups is 2. The minimum atomic E-state index is -1.03. The number of aliphatic hydroxyl groups excluding tert-OH is 1. The van der Waals surface area contributed by atoms with Crippen LogP contribution in [-0.4, -0.2) is 43.8 Å². The van der Waals surface area contributed by atoms with Crippen LogP contribution in [-0.2, 0) is 23.2 Å². The van der Waals surface area contributed by atoms with Crippen molar-refractivity contribution in [3.8, 4) is 5.75 Å². The second-order valence-electron chi connectivity index (χ2n) is 9.86. The van der Waals surface area contributed by atoms with Crippen molar-refractivity contribution in [2.75, 3.05) is 13.2 Å². The number of ketones is 2. The first-order valence-corrected chi connectivity index (χ1v) is 11.8. The number of rotatable bonds is 4. The maximum absolute atomic E-state index is 13.9. The van der Waals surface area contributed by atoms with Gasteiger partial charge in [0.2, 0.25) is 0 Å². The lowest BCUT2D eigenvalue weighted by Crippen LogP contribution is -2.55. The second-order valence-corrected chi connectivity index (χ2v) is 9.86. The maximum Gasteiger partial charge on any atom is 0.347 e. The molecular weight excluding hydrogens is 450 g/mol. The van der Waals surface area contributed by atoms with Crippen LogP contribution in [0.4, 0.5) is 0 Å². The molecular formula is C26H29N3O6. The largest absolute Gasteiger partial charge is 0.491 e. The number of carbonyl (C=O) groups excluding carboxylic acids is 2. The summed E-state index contributed by atoms with van der Waals surface area (Å²) in [6.45, 7) is 5.54. The van der Waals surface area contributed by atoms with Crippen molar-refractivity contribution in [3.05, 3.63) is 73.6 Å². The summed E-state index contributed by atoms with van der Waals surface area (Å²) in [4.78, 5) is 53.2. The summed E-state index contributed by atoms with van der Waals surface area (Å²) in [6, 6.07) is 6.79. The normalized spacial score (nSPS) is 27.8. The first-order valence-electron chi connectivity index (χ1n) is 11.8. The predicted molar refractivity (Wildman–Crippen MR) is 127 cm³/mol. The molecule has 2 aromatic rings. The second kappa shape index (κ2) is 8.05. The Kier molecular flexibility index (Phi) is 5.36. The van der Waals surface area contributed by atoms with Crippen LogP contribution in [0.2, 0.25) is 0 Å². The monoisotopic (exact) mass is 479 g/mol. The number of nitrogens with zero attached hydrogens (tertiary/aromatic N) is 3. The number of fused-ring (bicyclic) bond motifs is 4. The molecule has 9 nitrogen and oxygen atoms in total. The van der Waals surface area contributed by atoms with Crippen molar-refractivity contribution in [3.63, 3.8) is 0 Å². The van der Waals surface area contributed by atoms with Gasteiger partial charge in [-0.2, -0.15) is 0 Å². The van der Waals surface area contributed by atoms with Crippen molar-refractivity contribution in [1.82, 2.24) is 13.9 Å². The molecule has 1 fully saturated rings. The Morgan fingerprint density at radius 3 is 2.40 bits per heavy atom. The fraction of sp³-hybridized carbons (Fsp3) is 0.462. The van der Waals surface area contributed by atoms with Gasteiger partial charge in [0.25, 0.3) is 0 Å². The molecule has 35 heavy (non-hydrogen) atoms. The van der Waals surface area contributed by atoms with Gasteiger partial charge in [0.05, 0.1) is 24.6 Å². The molecule has 1 saturated carbocycles. The summed E-state index contributed by atoms with van der Waals surface area (Å²) in [5.74, 6) is -0.660. The highest BCUT2D eigenvalue weighted by Gasteiger charge is 2.60. The van der Waals surface area contributed by atoms with Gasteiger partial charge < -0.3 is 9.84 Å². The number of allylic oxidation sites excluding steroid dienone is 4. The summed E-state index contributed by atoms with van der Waals surface area (Å²) in [7, 11) is 1.45. The Labute approximate surface area is 201 Å². The number of aromatic nitrogens is 3. The minimum Gasteiger partial charge on any atom is -0.491 e. The van der Waals surface area contributed by atoms with E-state index in [-0.39, 0.29) is 37.7 Å². The topological polar surface area (TPSA) is 113 Å². The SMILES string of the molecule is CC1=C(C)C(=O)[C@@]2(C)[C@@H](c3ccc(OCCO)cc3)C3=CCn4c(=O)n(C)c(=O)n4[C@@H]3C[C@H]2C1=O. The van der Waals surface area contributed by atoms with Crippen molar-refractivity contribution in [2.24, 2.45) is 18.4 Å². The number of Topliss-reactive ketones (excluding diaryl/α,β-unsaturated/α-hetero) is 2. The lowest BCUT2D eigenvalue weighted by atomic mass is 9.50. The fourth-order valence-corrected chi connectivity index (χ4v) is 6.25. The molecule has 0 bridgehead atoms.